The first kappa shape index (κ1) is 12.6. The Morgan fingerprint density at radius 1 is 0.944 bits per heavy atom. The Balaban J connectivity index is 2.33. The summed E-state index contributed by atoms with van der Waals surface area (Å²) >= 11 is 0. The molecule has 3 heteroatoms. The Morgan fingerprint density at radius 3 is 2.17 bits per heavy atom. The third-order valence-corrected chi connectivity index (χ3v) is 2.33. The molecule has 0 aliphatic rings. The van der Waals surface area contributed by atoms with Gasteiger partial charge in [0, 0.05) is 18.5 Å². The SMILES string of the molecule is Cc1ccnc(-c2cc(OC(C)(C)C)ccn2)c1. The zero-order valence-corrected chi connectivity index (χ0v) is 11.3. The summed E-state index contributed by atoms with van der Waals surface area (Å²) in [5.41, 5.74) is 2.66. The van der Waals surface area contributed by atoms with Gasteiger partial charge in [-0.2, -0.15) is 0 Å². The van der Waals surface area contributed by atoms with Crippen LogP contribution in [0.5, 0.6) is 5.75 Å². The fraction of sp³-hybridized carbons (Fsp3) is 0.333. The molecule has 2 rings (SSSR count). The highest BCUT2D eigenvalue weighted by Gasteiger charge is 2.12. The van der Waals surface area contributed by atoms with Crippen LogP contribution in [0.15, 0.2) is 36.7 Å². The van der Waals surface area contributed by atoms with Gasteiger partial charge in [-0.3, -0.25) is 9.97 Å². The van der Waals surface area contributed by atoms with Gasteiger partial charge in [0.1, 0.15) is 11.4 Å². The van der Waals surface area contributed by atoms with Gasteiger partial charge in [0.15, 0.2) is 0 Å². The minimum absolute atomic E-state index is 0.210. The van der Waals surface area contributed by atoms with E-state index in [0.29, 0.717) is 0 Å². The van der Waals surface area contributed by atoms with Crippen molar-refractivity contribution in [3.8, 4) is 17.1 Å². The fourth-order valence-corrected chi connectivity index (χ4v) is 1.64. The smallest absolute Gasteiger partial charge is 0.123 e. The minimum atomic E-state index is -0.210. The van der Waals surface area contributed by atoms with Gasteiger partial charge in [0.2, 0.25) is 0 Å². The van der Waals surface area contributed by atoms with Crippen LogP contribution in [0.25, 0.3) is 11.4 Å². The summed E-state index contributed by atoms with van der Waals surface area (Å²) in [6.07, 6.45) is 3.55. The molecule has 0 aromatic carbocycles. The molecule has 0 amide bonds. The zero-order valence-electron chi connectivity index (χ0n) is 11.3. The quantitative estimate of drug-likeness (QED) is 0.806. The predicted octanol–water partition coefficient (Wildman–Crippen LogP) is 3.63. The predicted molar refractivity (Wildman–Crippen MR) is 72.6 cm³/mol. The van der Waals surface area contributed by atoms with Gasteiger partial charge >= 0.3 is 0 Å². The van der Waals surface area contributed by atoms with Crippen molar-refractivity contribution >= 4 is 0 Å². The van der Waals surface area contributed by atoms with Crippen LogP contribution < -0.4 is 4.74 Å². The average Bonchev–Trinajstić information content (AvgIpc) is 2.27. The molecule has 0 atom stereocenters. The summed E-state index contributed by atoms with van der Waals surface area (Å²) < 4.78 is 5.83. The van der Waals surface area contributed by atoms with E-state index in [4.69, 9.17) is 4.74 Å². The van der Waals surface area contributed by atoms with Gasteiger partial charge in [-0.1, -0.05) is 0 Å². The maximum absolute atomic E-state index is 5.83. The van der Waals surface area contributed by atoms with Gasteiger partial charge in [0.05, 0.1) is 11.4 Å². The largest absolute Gasteiger partial charge is 0.488 e. The molecule has 0 fully saturated rings. The highest BCUT2D eigenvalue weighted by molar-refractivity contribution is 5.56. The second-order valence-corrected chi connectivity index (χ2v) is 5.31. The molecule has 0 spiro atoms. The van der Waals surface area contributed by atoms with Crippen molar-refractivity contribution in [2.75, 3.05) is 0 Å². The molecule has 0 radical (unpaired) electrons. The van der Waals surface area contributed by atoms with E-state index in [-0.39, 0.29) is 5.60 Å². The van der Waals surface area contributed by atoms with Crippen molar-refractivity contribution in [2.45, 2.75) is 33.3 Å². The van der Waals surface area contributed by atoms with E-state index < -0.39 is 0 Å². The molecule has 0 bridgehead atoms. The maximum Gasteiger partial charge on any atom is 0.123 e. The van der Waals surface area contributed by atoms with Crippen LogP contribution in [0.4, 0.5) is 0 Å². The third-order valence-electron chi connectivity index (χ3n) is 2.33. The summed E-state index contributed by atoms with van der Waals surface area (Å²) in [7, 11) is 0. The van der Waals surface area contributed by atoms with Gasteiger partial charge < -0.3 is 4.74 Å². The lowest BCUT2D eigenvalue weighted by Gasteiger charge is -2.21. The van der Waals surface area contributed by atoms with Gasteiger partial charge in [0.25, 0.3) is 0 Å². The number of rotatable bonds is 2. The molecule has 2 aromatic heterocycles. The second-order valence-electron chi connectivity index (χ2n) is 5.31. The minimum Gasteiger partial charge on any atom is -0.488 e. The standard InChI is InChI=1S/C15H18N2O/c1-11-5-7-16-13(9-11)14-10-12(6-8-17-14)18-15(2,3)4/h5-10H,1-4H3. The Labute approximate surface area is 108 Å². The van der Waals surface area contributed by atoms with Crippen molar-refractivity contribution in [2.24, 2.45) is 0 Å². The van der Waals surface area contributed by atoms with E-state index in [2.05, 4.69) is 9.97 Å². The number of ether oxygens (including phenoxy) is 1. The molecular weight excluding hydrogens is 224 g/mol. The summed E-state index contributed by atoms with van der Waals surface area (Å²) in [5.74, 6) is 0.816. The van der Waals surface area contributed by atoms with Crippen LogP contribution in [-0.2, 0) is 0 Å². The van der Waals surface area contributed by atoms with Crippen molar-refractivity contribution in [1.82, 2.24) is 9.97 Å². The molecule has 0 aliphatic heterocycles. The van der Waals surface area contributed by atoms with E-state index in [1.54, 1.807) is 12.4 Å². The molecule has 0 saturated heterocycles. The van der Waals surface area contributed by atoms with E-state index >= 15 is 0 Å². The Morgan fingerprint density at radius 2 is 1.56 bits per heavy atom. The number of hydrogen-bond acceptors (Lipinski definition) is 3. The van der Waals surface area contributed by atoms with Crippen LogP contribution in [0.1, 0.15) is 26.3 Å². The summed E-state index contributed by atoms with van der Waals surface area (Å²) in [4.78, 5) is 8.67. The lowest BCUT2D eigenvalue weighted by Crippen LogP contribution is -2.22. The van der Waals surface area contributed by atoms with E-state index in [1.807, 2.05) is 52.0 Å². The van der Waals surface area contributed by atoms with E-state index in [1.165, 1.54) is 5.56 Å². The second kappa shape index (κ2) is 4.77. The monoisotopic (exact) mass is 242 g/mol. The molecule has 0 unspecified atom stereocenters. The van der Waals surface area contributed by atoms with Crippen LogP contribution in [-0.4, -0.2) is 15.6 Å². The van der Waals surface area contributed by atoms with E-state index in [0.717, 1.165) is 17.1 Å². The molecular formula is C15H18N2O. The molecule has 0 aliphatic carbocycles. The van der Waals surface area contributed by atoms with Gasteiger partial charge in [-0.15, -0.1) is 0 Å². The molecule has 0 saturated carbocycles. The summed E-state index contributed by atoms with van der Waals surface area (Å²) in [6.45, 7) is 8.12. The molecule has 94 valence electrons. The molecule has 18 heavy (non-hydrogen) atoms. The van der Waals surface area contributed by atoms with Crippen LogP contribution in [0, 0.1) is 6.92 Å². The lowest BCUT2D eigenvalue weighted by atomic mass is 10.1. The summed E-state index contributed by atoms with van der Waals surface area (Å²) in [6, 6.07) is 7.78. The third kappa shape index (κ3) is 3.29. The first-order chi connectivity index (χ1) is 8.44. The number of aryl methyl sites for hydroxylation is 1. The molecule has 3 nitrogen and oxygen atoms in total. The van der Waals surface area contributed by atoms with Crippen molar-refractivity contribution in [1.29, 1.82) is 0 Å². The number of pyridine rings is 2. The summed E-state index contributed by atoms with van der Waals surface area (Å²) in [5, 5.41) is 0. The first-order valence-electron chi connectivity index (χ1n) is 6.02. The average molecular weight is 242 g/mol. The topological polar surface area (TPSA) is 35.0 Å². The van der Waals surface area contributed by atoms with Crippen LogP contribution in [0.2, 0.25) is 0 Å². The first-order valence-corrected chi connectivity index (χ1v) is 6.02. The molecule has 2 heterocycles. The van der Waals surface area contributed by atoms with Crippen molar-refractivity contribution in [3.05, 3.63) is 42.2 Å². The highest BCUT2D eigenvalue weighted by Crippen LogP contribution is 2.23. The highest BCUT2D eigenvalue weighted by atomic mass is 16.5. The Hall–Kier alpha value is -1.90. The van der Waals surface area contributed by atoms with Crippen molar-refractivity contribution in [3.63, 3.8) is 0 Å². The zero-order chi connectivity index (χ0) is 13.2. The maximum atomic E-state index is 5.83. The Bertz CT molecular complexity index is 544. The number of nitrogens with zero attached hydrogens (tertiary/aromatic N) is 2. The number of aromatic nitrogens is 2. The van der Waals surface area contributed by atoms with E-state index in [9.17, 15) is 0 Å². The van der Waals surface area contributed by atoms with Gasteiger partial charge in [-0.25, -0.2) is 0 Å². The van der Waals surface area contributed by atoms with Crippen LogP contribution >= 0.6 is 0 Å². The normalized spacial score (nSPS) is 11.3. The molecule has 0 N–H and O–H groups in total. The number of hydrogen-bond donors (Lipinski definition) is 0. The van der Waals surface area contributed by atoms with Gasteiger partial charge in [-0.05, 0) is 51.5 Å². The van der Waals surface area contributed by atoms with Crippen molar-refractivity contribution < 1.29 is 4.74 Å². The fourth-order valence-electron chi connectivity index (χ4n) is 1.64. The van der Waals surface area contributed by atoms with Crippen LogP contribution in [0.3, 0.4) is 0 Å². The Kier molecular flexibility index (Phi) is 3.32. The molecule has 2 aromatic rings. The lowest BCUT2D eigenvalue weighted by molar-refractivity contribution is 0.131.